The van der Waals surface area contributed by atoms with Gasteiger partial charge in [0.1, 0.15) is 5.69 Å². The zero-order valence-corrected chi connectivity index (χ0v) is 20.1. The van der Waals surface area contributed by atoms with Gasteiger partial charge in [0.05, 0.1) is 17.1 Å². The molecule has 1 unspecified atom stereocenters. The van der Waals surface area contributed by atoms with E-state index in [9.17, 15) is 9.59 Å². The molecule has 3 aromatic rings. The van der Waals surface area contributed by atoms with E-state index in [-0.39, 0.29) is 11.9 Å². The Balaban J connectivity index is 1.44. The van der Waals surface area contributed by atoms with Gasteiger partial charge in [0.25, 0.3) is 5.91 Å². The van der Waals surface area contributed by atoms with Crippen molar-refractivity contribution in [1.29, 1.82) is 0 Å². The van der Waals surface area contributed by atoms with Crippen molar-refractivity contribution in [2.75, 3.05) is 36.0 Å². The maximum Gasteiger partial charge on any atom is 0.322 e. The summed E-state index contributed by atoms with van der Waals surface area (Å²) in [5, 5.41) is 13.2. The fourth-order valence-corrected chi connectivity index (χ4v) is 5.26. The average molecular weight is 485 g/mol. The highest BCUT2D eigenvalue weighted by Crippen LogP contribution is 2.24. The normalized spacial score (nSPS) is 16.0. The number of pyridine rings is 1. The largest absolute Gasteiger partial charge is 0.396 e. The molecule has 1 aliphatic heterocycles. The first-order valence-corrected chi connectivity index (χ1v) is 12.8. The first-order chi connectivity index (χ1) is 16.0. The number of urea groups is 1. The second-order valence-electron chi connectivity index (χ2n) is 7.99. The minimum atomic E-state index is -0.316. The summed E-state index contributed by atoms with van der Waals surface area (Å²) >= 11 is 2.97. The van der Waals surface area contributed by atoms with Crippen molar-refractivity contribution in [2.24, 2.45) is 0 Å². The van der Waals surface area contributed by atoms with E-state index in [1.165, 1.54) is 11.3 Å². The van der Waals surface area contributed by atoms with E-state index >= 15 is 0 Å². The fourth-order valence-electron chi connectivity index (χ4n) is 4.00. The molecule has 1 atom stereocenters. The molecule has 1 aliphatic rings. The molecule has 0 aromatic carbocycles. The predicted octanol–water partition coefficient (Wildman–Crippen LogP) is 4.56. The van der Waals surface area contributed by atoms with Crippen LogP contribution in [0.1, 0.15) is 35.8 Å². The van der Waals surface area contributed by atoms with E-state index in [4.69, 9.17) is 5.73 Å². The second-order valence-corrected chi connectivity index (χ2v) is 9.52. The summed E-state index contributed by atoms with van der Waals surface area (Å²) < 4.78 is 0. The molecule has 3 amide bonds. The standard InChI is InChI=1S/C23H28N6O2S2/c1-2-28-8-3-4-18(28)12-29(23(31)26-17-7-9-32-13-17)11-16-5-6-20(25-10-16)22(30)27-21-15-33-14-19(21)24/h5-7,9-10,13-15,18H,2-4,8,11-12,24H2,1H3,(H,26,31)(H,27,30). The van der Waals surface area contributed by atoms with Crippen molar-refractivity contribution in [2.45, 2.75) is 32.4 Å². The lowest BCUT2D eigenvalue weighted by Gasteiger charge is -2.30. The maximum atomic E-state index is 13.1. The van der Waals surface area contributed by atoms with Crippen LogP contribution in [0, 0.1) is 0 Å². The van der Waals surface area contributed by atoms with Crippen LogP contribution in [0.4, 0.5) is 21.9 Å². The van der Waals surface area contributed by atoms with Gasteiger partial charge >= 0.3 is 6.03 Å². The van der Waals surface area contributed by atoms with Crippen LogP contribution in [-0.2, 0) is 6.54 Å². The van der Waals surface area contributed by atoms with Crippen LogP contribution in [-0.4, -0.2) is 52.4 Å². The van der Waals surface area contributed by atoms with Crippen LogP contribution in [0.5, 0.6) is 0 Å². The van der Waals surface area contributed by atoms with Crippen molar-refractivity contribution in [3.8, 4) is 0 Å². The molecule has 4 N–H and O–H groups in total. The Labute approximate surface area is 201 Å². The summed E-state index contributed by atoms with van der Waals surface area (Å²) in [6.07, 6.45) is 3.89. The molecule has 0 aliphatic carbocycles. The average Bonchev–Trinajstić information content (AvgIpc) is 3.57. The first-order valence-electron chi connectivity index (χ1n) is 10.9. The predicted molar refractivity (Wildman–Crippen MR) is 135 cm³/mol. The lowest BCUT2D eigenvalue weighted by molar-refractivity contribution is 0.102. The number of carbonyl (C=O) groups is 2. The van der Waals surface area contributed by atoms with Gasteiger partial charge in [-0.15, -0.1) is 11.3 Å². The Morgan fingerprint density at radius 1 is 1.21 bits per heavy atom. The Bertz CT molecular complexity index is 1070. The Hall–Kier alpha value is -2.95. The molecule has 33 heavy (non-hydrogen) atoms. The van der Waals surface area contributed by atoms with Crippen LogP contribution < -0.4 is 16.4 Å². The number of amides is 3. The number of aromatic nitrogens is 1. The van der Waals surface area contributed by atoms with Crippen molar-refractivity contribution in [1.82, 2.24) is 14.8 Å². The number of likely N-dealkylation sites (N-methyl/N-ethyl adjacent to an activating group) is 1. The minimum absolute atomic E-state index is 0.133. The SMILES string of the molecule is CCN1CCCC1CN(Cc1ccc(C(=O)Nc2cscc2N)nc1)C(=O)Nc1ccsc1. The van der Waals surface area contributed by atoms with Gasteiger partial charge in [-0.05, 0) is 49.0 Å². The first kappa shape index (κ1) is 23.2. The molecule has 1 fully saturated rings. The number of carbonyl (C=O) groups excluding carboxylic acids is 2. The Kier molecular flexibility index (Phi) is 7.58. The van der Waals surface area contributed by atoms with E-state index in [1.54, 1.807) is 34.4 Å². The molecule has 3 aromatic heterocycles. The molecule has 0 saturated carbocycles. The number of nitrogen functional groups attached to an aromatic ring is 1. The number of nitrogens with zero attached hydrogens (tertiary/aromatic N) is 3. The number of hydrogen-bond donors (Lipinski definition) is 3. The summed E-state index contributed by atoms with van der Waals surface area (Å²) in [4.78, 5) is 34.1. The summed E-state index contributed by atoms with van der Waals surface area (Å²) in [5.74, 6) is -0.316. The lowest BCUT2D eigenvalue weighted by atomic mass is 10.2. The number of rotatable bonds is 8. The van der Waals surface area contributed by atoms with Gasteiger partial charge in [0, 0.05) is 41.5 Å². The van der Waals surface area contributed by atoms with Gasteiger partial charge in [-0.3, -0.25) is 14.7 Å². The van der Waals surface area contributed by atoms with Crippen LogP contribution in [0.15, 0.2) is 45.9 Å². The van der Waals surface area contributed by atoms with Crippen LogP contribution in [0.3, 0.4) is 0 Å². The molecule has 8 nitrogen and oxygen atoms in total. The minimum Gasteiger partial charge on any atom is -0.396 e. The van der Waals surface area contributed by atoms with E-state index in [0.29, 0.717) is 36.2 Å². The van der Waals surface area contributed by atoms with Crippen LogP contribution in [0.25, 0.3) is 0 Å². The highest BCUT2D eigenvalue weighted by Gasteiger charge is 2.27. The third-order valence-electron chi connectivity index (χ3n) is 5.77. The third-order valence-corrected chi connectivity index (χ3v) is 7.21. The molecule has 4 heterocycles. The molecule has 0 bridgehead atoms. The molecule has 1 saturated heterocycles. The molecular weight excluding hydrogens is 456 g/mol. The monoisotopic (exact) mass is 484 g/mol. The van der Waals surface area contributed by atoms with E-state index in [2.05, 4.69) is 27.4 Å². The third kappa shape index (κ3) is 5.89. The second kappa shape index (κ2) is 10.8. The van der Waals surface area contributed by atoms with Crippen molar-refractivity contribution in [3.63, 3.8) is 0 Å². The van der Waals surface area contributed by atoms with Gasteiger partial charge < -0.3 is 21.3 Å². The number of thiophene rings is 2. The molecule has 174 valence electrons. The van der Waals surface area contributed by atoms with Gasteiger partial charge in [0.2, 0.25) is 0 Å². The molecule has 10 heteroatoms. The number of likely N-dealkylation sites (tertiary alicyclic amines) is 1. The summed E-state index contributed by atoms with van der Waals surface area (Å²) in [6, 6.07) is 5.62. The molecule has 4 rings (SSSR count). The maximum absolute atomic E-state index is 13.1. The van der Waals surface area contributed by atoms with Gasteiger partial charge in [-0.1, -0.05) is 13.0 Å². The van der Waals surface area contributed by atoms with Gasteiger partial charge in [-0.25, -0.2) is 4.79 Å². The van der Waals surface area contributed by atoms with Crippen molar-refractivity contribution in [3.05, 3.63) is 57.2 Å². The van der Waals surface area contributed by atoms with Gasteiger partial charge in [0.15, 0.2) is 0 Å². The molecular formula is C23H28N6O2S2. The van der Waals surface area contributed by atoms with Gasteiger partial charge in [-0.2, -0.15) is 11.3 Å². The van der Waals surface area contributed by atoms with Crippen molar-refractivity contribution >= 4 is 51.7 Å². The fraction of sp³-hybridized carbons (Fsp3) is 0.348. The number of nitrogens with one attached hydrogen (secondary N) is 2. The van der Waals surface area contributed by atoms with E-state index in [0.717, 1.165) is 37.2 Å². The zero-order valence-electron chi connectivity index (χ0n) is 18.5. The number of hydrogen-bond acceptors (Lipinski definition) is 7. The van der Waals surface area contributed by atoms with E-state index < -0.39 is 0 Å². The lowest BCUT2D eigenvalue weighted by Crippen LogP contribution is -2.44. The molecule has 0 radical (unpaired) electrons. The van der Waals surface area contributed by atoms with Crippen LogP contribution in [0.2, 0.25) is 0 Å². The summed E-state index contributed by atoms with van der Waals surface area (Å²) in [6.45, 7) is 5.26. The Morgan fingerprint density at radius 3 is 2.76 bits per heavy atom. The number of nitrogens with two attached hydrogens (primary N) is 1. The summed E-state index contributed by atoms with van der Waals surface area (Å²) in [5.41, 5.74) is 8.92. The number of anilines is 3. The molecule has 0 spiro atoms. The summed E-state index contributed by atoms with van der Waals surface area (Å²) in [7, 11) is 0. The van der Waals surface area contributed by atoms with E-state index in [1.807, 2.05) is 27.8 Å². The smallest absolute Gasteiger partial charge is 0.322 e. The highest BCUT2D eigenvalue weighted by molar-refractivity contribution is 7.09. The quantitative estimate of drug-likeness (QED) is 0.435. The zero-order chi connectivity index (χ0) is 23.2. The van der Waals surface area contributed by atoms with Crippen molar-refractivity contribution < 1.29 is 9.59 Å². The van der Waals surface area contributed by atoms with Crippen LogP contribution >= 0.6 is 22.7 Å². The Morgan fingerprint density at radius 2 is 2.09 bits per heavy atom. The topological polar surface area (TPSA) is 104 Å². The highest BCUT2D eigenvalue weighted by atomic mass is 32.1.